The van der Waals surface area contributed by atoms with E-state index in [4.69, 9.17) is 5.11 Å². The van der Waals surface area contributed by atoms with Crippen LogP contribution in [-0.2, 0) is 13.0 Å². The average molecular weight is 290 g/mol. The van der Waals surface area contributed by atoms with E-state index in [0.717, 1.165) is 17.7 Å². The summed E-state index contributed by atoms with van der Waals surface area (Å²) < 4.78 is 0. The van der Waals surface area contributed by atoms with Gasteiger partial charge in [-0.05, 0) is 24.1 Å². The van der Waals surface area contributed by atoms with Gasteiger partial charge >= 0.3 is 5.97 Å². The fourth-order valence-corrected chi connectivity index (χ4v) is 2.53. The van der Waals surface area contributed by atoms with E-state index in [-0.39, 0.29) is 11.5 Å². The van der Waals surface area contributed by atoms with Gasteiger partial charge in [0.15, 0.2) is 0 Å². The Bertz CT molecular complexity index is 620. The Morgan fingerprint density at radius 2 is 2.00 bits per heavy atom. The fourth-order valence-electron chi connectivity index (χ4n) is 1.73. The molecule has 0 unspecified atom stereocenters. The lowest BCUT2D eigenvalue weighted by atomic mass is 10.1. The van der Waals surface area contributed by atoms with Crippen molar-refractivity contribution in [2.45, 2.75) is 19.9 Å². The van der Waals surface area contributed by atoms with E-state index in [0.29, 0.717) is 11.4 Å². The molecule has 1 aromatic heterocycles. The van der Waals surface area contributed by atoms with Crippen LogP contribution >= 0.6 is 11.3 Å². The zero-order chi connectivity index (χ0) is 14.5. The monoisotopic (exact) mass is 290 g/mol. The minimum absolute atomic E-state index is 0.147. The summed E-state index contributed by atoms with van der Waals surface area (Å²) in [6.07, 6.45) is 0.722. The number of carbonyl (C=O) groups excluding carboxylic acids is 1. The average Bonchev–Trinajstić information content (AvgIpc) is 2.93. The van der Waals surface area contributed by atoms with Crippen LogP contribution in [0.2, 0.25) is 0 Å². The van der Waals surface area contributed by atoms with E-state index < -0.39 is 5.97 Å². The first-order chi connectivity index (χ1) is 9.61. The molecule has 1 aromatic carbocycles. The first-order valence-corrected chi connectivity index (χ1v) is 7.02. The van der Waals surface area contributed by atoms with Gasteiger partial charge in [0.05, 0.1) is 16.8 Å². The summed E-state index contributed by atoms with van der Waals surface area (Å²) >= 11 is 1.32. The van der Waals surface area contributed by atoms with Crippen LogP contribution in [-0.4, -0.2) is 22.0 Å². The van der Waals surface area contributed by atoms with Crippen molar-refractivity contribution < 1.29 is 14.7 Å². The maximum absolute atomic E-state index is 12.0. The smallest absolute Gasteiger partial charge is 0.335 e. The molecule has 104 valence electrons. The van der Waals surface area contributed by atoms with Crippen molar-refractivity contribution in [3.05, 3.63) is 51.5 Å². The number of aromatic carboxylic acids is 1. The molecule has 2 rings (SSSR count). The third-order valence-electron chi connectivity index (χ3n) is 2.84. The maximum Gasteiger partial charge on any atom is 0.335 e. The summed E-state index contributed by atoms with van der Waals surface area (Å²) in [5.41, 5.74) is 3.55. The third kappa shape index (κ3) is 3.21. The van der Waals surface area contributed by atoms with Crippen molar-refractivity contribution in [3.63, 3.8) is 0 Å². The molecule has 0 bridgehead atoms. The number of carbonyl (C=O) groups is 2. The van der Waals surface area contributed by atoms with Gasteiger partial charge in [-0.25, -0.2) is 9.78 Å². The highest BCUT2D eigenvalue weighted by Gasteiger charge is 2.12. The van der Waals surface area contributed by atoms with Gasteiger partial charge < -0.3 is 10.4 Å². The van der Waals surface area contributed by atoms with Crippen LogP contribution in [0.5, 0.6) is 0 Å². The van der Waals surface area contributed by atoms with Crippen molar-refractivity contribution in [1.82, 2.24) is 10.3 Å². The zero-order valence-electron chi connectivity index (χ0n) is 10.9. The Kier molecular flexibility index (Phi) is 4.47. The summed E-state index contributed by atoms with van der Waals surface area (Å²) in [7, 11) is 0. The normalized spacial score (nSPS) is 10.2. The molecule has 0 atom stereocenters. The number of carboxylic acid groups (broad SMARTS) is 1. The lowest BCUT2D eigenvalue weighted by Gasteiger charge is -2.05. The number of nitrogens with zero attached hydrogens (tertiary/aromatic N) is 1. The van der Waals surface area contributed by atoms with Gasteiger partial charge in [-0.15, -0.1) is 11.3 Å². The fraction of sp³-hybridized carbons (Fsp3) is 0.214. The SMILES string of the molecule is CCc1ncsc1C(=O)NCc1ccc(C(=O)O)cc1. The van der Waals surface area contributed by atoms with Gasteiger partial charge in [-0.2, -0.15) is 0 Å². The molecule has 0 saturated heterocycles. The summed E-state index contributed by atoms with van der Waals surface area (Å²) in [6.45, 7) is 2.32. The van der Waals surface area contributed by atoms with Crippen LogP contribution in [0.1, 0.15) is 38.2 Å². The quantitative estimate of drug-likeness (QED) is 0.885. The molecular formula is C14H14N2O3S. The van der Waals surface area contributed by atoms with Gasteiger partial charge in [-0.1, -0.05) is 19.1 Å². The summed E-state index contributed by atoms with van der Waals surface area (Å²) in [5.74, 6) is -1.11. The van der Waals surface area contributed by atoms with Gasteiger partial charge in [-0.3, -0.25) is 4.79 Å². The van der Waals surface area contributed by atoms with Crippen molar-refractivity contribution in [1.29, 1.82) is 0 Å². The number of carboxylic acids is 1. The number of hydrogen-bond donors (Lipinski definition) is 2. The second-order valence-corrected chi connectivity index (χ2v) is 5.02. The minimum Gasteiger partial charge on any atom is -0.478 e. The summed E-state index contributed by atoms with van der Waals surface area (Å²) in [4.78, 5) is 27.5. The Morgan fingerprint density at radius 3 is 2.60 bits per heavy atom. The molecule has 1 amide bonds. The highest BCUT2D eigenvalue weighted by atomic mass is 32.1. The Hall–Kier alpha value is -2.21. The highest BCUT2D eigenvalue weighted by molar-refractivity contribution is 7.11. The van der Waals surface area contributed by atoms with Crippen molar-refractivity contribution >= 4 is 23.2 Å². The first-order valence-electron chi connectivity index (χ1n) is 6.14. The van der Waals surface area contributed by atoms with Crippen LogP contribution in [0.15, 0.2) is 29.8 Å². The van der Waals surface area contributed by atoms with Crippen LogP contribution in [0.4, 0.5) is 0 Å². The maximum atomic E-state index is 12.0. The van der Waals surface area contributed by atoms with E-state index in [9.17, 15) is 9.59 Å². The van der Waals surface area contributed by atoms with E-state index in [1.54, 1.807) is 17.6 Å². The number of benzene rings is 1. The molecule has 0 radical (unpaired) electrons. The predicted octanol–water partition coefficient (Wildman–Crippen LogP) is 2.33. The Balaban J connectivity index is 1.98. The number of rotatable bonds is 5. The standard InChI is InChI=1S/C14H14N2O3S/c1-2-11-12(20-8-16-11)13(17)15-7-9-3-5-10(6-4-9)14(18)19/h3-6,8H,2,7H2,1H3,(H,15,17)(H,18,19). The third-order valence-corrected chi connectivity index (χ3v) is 3.70. The molecule has 0 fully saturated rings. The lowest BCUT2D eigenvalue weighted by Crippen LogP contribution is -2.22. The molecule has 1 heterocycles. The number of aryl methyl sites for hydroxylation is 1. The number of hydrogen-bond acceptors (Lipinski definition) is 4. The molecular weight excluding hydrogens is 276 g/mol. The molecule has 0 saturated carbocycles. The van der Waals surface area contributed by atoms with Crippen molar-refractivity contribution in [2.24, 2.45) is 0 Å². The summed E-state index contributed by atoms with van der Waals surface area (Å²) in [6, 6.07) is 6.43. The van der Waals surface area contributed by atoms with Crippen LogP contribution in [0.3, 0.4) is 0 Å². The van der Waals surface area contributed by atoms with Crippen molar-refractivity contribution in [3.8, 4) is 0 Å². The van der Waals surface area contributed by atoms with Gasteiger partial charge in [0, 0.05) is 6.54 Å². The first kappa shape index (κ1) is 14.2. The minimum atomic E-state index is -0.960. The number of amides is 1. The molecule has 20 heavy (non-hydrogen) atoms. The predicted molar refractivity (Wildman–Crippen MR) is 76.1 cm³/mol. The number of thiazole rings is 1. The molecule has 0 aliphatic rings. The molecule has 2 aromatic rings. The molecule has 0 aliphatic heterocycles. The molecule has 6 heteroatoms. The largest absolute Gasteiger partial charge is 0.478 e. The van der Waals surface area contributed by atoms with Gasteiger partial charge in [0.2, 0.25) is 0 Å². The number of aromatic nitrogens is 1. The number of nitrogens with one attached hydrogen (secondary N) is 1. The highest BCUT2D eigenvalue weighted by Crippen LogP contribution is 2.14. The zero-order valence-corrected chi connectivity index (χ0v) is 11.7. The Labute approximate surface area is 120 Å². The second kappa shape index (κ2) is 6.29. The van der Waals surface area contributed by atoms with E-state index >= 15 is 0 Å². The van der Waals surface area contributed by atoms with Gasteiger partial charge in [0.1, 0.15) is 4.88 Å². The van der Waals surface area contributed by atoms with E-state index in [2.05, 4.69) is 10.3 Å². The molecule has 0 aliphatic carbocycles. The van der Waals surface area contributed by atoms with Gasteiger partial charge in [0.25, 0.3) is 5.91 Å². The lowest BCUT2D eigenvalue weighted by molar-refractivity contribution is 0.0696. The van der Waals surface area contributed by atoms with E-state index in [1.807, 2.05) is 6.92 Å². The topological polar surface area (TPSA) is 79.3 Å². The van der Waals surface area contributed by atoms with Crippen LogP contribution in [0, 0.1) is 0 Å². The van der Waals surface area contributed by atoms with E-state index in [1.165, 1.54) is 23.5 Å². The molecule has 2 N–H and O–H groups in total. The summed E-state index contributed by atoms with van der Waals surface area (Å²) in [5, 5.41) is 11.6. The van der Waals surface area contributed by atoms with Crippen LogP contribution < -0.4 is 5.32 Å². The second-order valence-electron chi connectivity index (χ2n) is 4.17. The molecule has 5 nitrogen and oxygen atoms in total. The van der Waals surface area contributed by atoms with Crippen molar-refractivity contribution in [2.75, 3.05) is 0 Å². The van der Waals surface area contributed by atoms with Crippen LogP contribution in [0.25, 0.3) is 0 Å². The Morgan fingerprint density at radius 1 is 1.30 bits per heavy atom. The molecule has 0 spiro atoms.